The molecule has 1 aliphatic carbocycles. The molecule has 0 radical (unpaired) electrons. The van der Waals surface area contributed by atoms with Crippen LogP contribution in [0.15, 0.2) is 18.2 Å². The van der Waals surface area contributed by atoms with Crippen LogP contribution in [0.4, 0.5) is 4.79 Å². The molecule has 2 bridgehead atoms. The van der Waals surface area contributed by atoms with Crippen molar-refractivity contribution >= 4 is 28.8 Å². The van der Waals surface area contributed by atoms with E-state index in [1.165, 1.54) is 6.92 Å². The van der Waals surface area contributed by atoms with E-state index >= 15 is 0 Å². The van der Waals surface area contributed by atoms with Gasteiger partial charge in [-0.3, -0.25) is 9.59 Å². The molecule has 2 fully saturated rings. The zero-order valence-corrected chi connectivity index (χ0v) is 28.0. The highest BCUT2D eigenvalue weighted by molar-refractivity contribution is 5.92. The number of alkyl carbamates (subject to hydrolysis) is 1. The summed E-state index contributed by atoms with van der Waals surface area (Å²) in [6.45, 7) is 11.6. The Morgan fingerprint density at radius 2 is 1.91 bits per heavy atom. The summed E-state index contributed by atoms with van der Waals surface area (Å²) >= 11 is 0. The fourth-order valence-corrected chi connectivity index (χ4v) is 7.45. The predicted molar refractivity (Wildman–Crippen MR) is 171 cm³/mol. The third kappa shape index (κ3) is 6.89. The fraction of sp³-hybridized carbons (Fsp3) is 0.686. The van der Waals surface area contributed by atoms with Gasteiger partial charge in [-0.15, -0.1) is 0 Å². The highest BCUT2D eigenvalue weighted by Gasteiger charge is 2.57. The molecule has 5 rings (SSSR count). The molecule has 3 heterocycles. The fourth-order valence-electron chi connectivity index (χ4n) is 7.45. The number of aromatic nitrogens is 2. The number of hydrogen-bond donors (Lipinski definition) is 1. The van der Waals surface area contributed by atoms with Crippen LogP contribution in [0.1, 0.15) is 98.6 Å². The number of Topliss-reactive ketones (excluding diaryl/α,β-unsaturated/α-hetero) is 1. The van der Waals surface area contributed by atoms with E-state index in [-0.39, 0.29) is 24.2 Å². The van der Waals surface area contributed by atoms with Crippen LogP contribution in [0.5, 0.6) is 11.6 Å². The standard InChI is InChI=1S/C35H50N4O6/c1-8-17-35-19-22(35)13-11-10-12-14-26-31(37-27-18-23(43-7)15-16-25(27)36-26)44-28-20-39(29(21(3)40)24(28)9-2)32(41)30(34(4,5)6)38-33(42)45-35/h15-16,18,22,24,28-30H,8-14,17,19-20H2,1-7H3,(H,38,42)/t22-,24-,28+,29-,30-,35-/m1/s1. The predicted octanol–water partition coefficient (Wildman–Crippen LogP) is 6.03. The minimum absolute atomic E-state index is 0.111. The Morgan fingerprint density at radius 1 is 1.13 bits per heavy atom. The minimum atomic E-state index is -0.888. The number of rotatable bonds is 5. The number of benzene rings is 1. The third-order valence-corrected chi connectivity index (χ3v) is 9.92. The normalized spacial score (nSPS) is 29.4. The Kier molecular flexibility index (Phi) is 9.61. The van der Waals surface area contributed by atoms with E-state index in [1.54, 1.807) is 12.0 Å². The smallest absolute Gasteiger partial charge is 0.408 e. The van der Waals surface area contributed by atoms with Crippen LogP contribution < -0.4 is 14.8 Å². The zero-order chi connectivity index (χ0) is 32.5. The van der Waals surface area contributed by atoms with E-state index in [9.17, 15) is 14.4 Å². The monoisotopic (exact) mass is 622 g/mol. The van der Waals surface area contributed by atoms with E-state index in [0.29, 0.717) is 35.9 Å². The maximum atomic E-state index is 14.4. The van der Waals surface area contributed by atoms with Gasteiger partial charge in [0.25, 0.3) is 0 Å². The van der Waals surface area contributed by atoms with Crippen molar-refractivity contribution in [1.82, 2.24) is 20.2 Å². The van der Waals surface area contributed by atoms with Crippen molar-refractivity contribution in [3.63, 3.8) is 0 Å². The number of aryl methyl sites for hydroxylation is 1. The Hall–Kier alpha value is -3.43. The second-order valence-electron chi connectivity index (χ2n) is 14.3. The Bertz CT molecular complexity index is 1420. The number of nitrogens with one attached hydrogen (secondary N) is 1. The molecule has 2 aromatic rings. The summed E-state index contributed by atoms with van der Waals surface area (Å²) in [7, 11) is 1.62. The number of hydrogen-bond acceptors (Lipinski definition) is 8. The molecule has 1 saturated heterocycles. The summed E-state index contributed by atoms with van der Waals surface area (Å²) in [6.07, 6.45) is 6.77. The highest BCUT2D eigenvalue weighted by atomic mass is 16.6. The lowest BCUT2D eigenvalue weighted by molar-refractivity contribution is -0.141. The molecule has 2 amide bonds. The van der Waals surface area contributed by atoms with E-state index in [0.717, 1.165) is 56.2 Å². The van der Waals surface area contributed by atoms with Gasteiger partial charge in [0.2, 0.25) is 11.8 Å². The molecular weight excluding hydrogens is 572 g/mol. The third-order valence-electron chi connectivity index (χ3n) is 9.92. The highest BCUT2D eigenvalue weighted by Crippen LogP contribution is 2.53. The molecule has 3 aliphatic rings. The zero-order valence-electron chi connectivity index (χ0n) is 28.0. The number of carbonyl (C=O) groups is 3. The number of fused-ring (bicyclic) bond motifs is 5. The van der Waals surface area contributed by atoms with Crippen LogP contribution in [-0.2, 0) is 20.7 Å². The molecule has 10 nitrogen and oxygen atoms in total. The van der Waals surface area contributed by atoms with E-state index in [4.69, 9.17) is 24.2 Å². The van der Waals surface area contributed by atoms with Gasteiger partial charge >= 0.3 is 6.09 Å². The summed E-state index contributed by atoms with van der Waals surface area (Å²) in [6, 6.07) is 4.05. The molecule has 1 aromatic heterocycles. The van der Waals surface area contributed by atoms with Crippen LogP contribution in [0.3, 0.4) is 0 Å². The molecule has 0 spiro atoms. The number of ketones is 1. The summed E-state index contributed by atoms with van der Waals surface area (Å²) < 4.78 is 18.2. The van der Waals surface area contributed by atoms with Crippen molar-refractivity contribution in [2.45, 2.75) is 123 Å². The molecule has 1 N–H and O–H groups in total. The largest absolute Gasteiger partial charge is 0.497 e. The topological polar surface area (TPSA) is 120 Å². The molecule has 10 heteroatoms. The number of methoxy groups -OCH3 is 1. The summed E-state index contributed by atoms with van der Waals surface area (Å²) in [5.74, 6) is 0.756. The van der Waals surface area contributed by atoms with Gasteiger partial charge in [0, 0.05) is 17.9 Å². The Balaban J connectivity index is 1.54. The van der Waals surface area contributed by atoms with Crippen molar-refractivity contribution in [2.75, 3.05) is 13.7 Å². The minimum Gasteiger partial charge on any atom is -0.497 e. The average molecular weight is 623 g/mol. The molecule has 0 unspecified atom stereocenters. The van der Waals surface area contributed by atoms with Crippen molar-refractivity contribution in [3.05, 3.63) is 23.9 Å². The Morgan fingerprint density at radius 3 is 2.58 bits per heavy atom. The first-order valence-corrected chi connectivity index (χ1v) is 16.7. The van der Waals surface area contributed by atoms with Gasteiger partial charge in [0.15, 0.2) is 5.78 Å². The number of carbonyl (C=O) groups excluding carboxylic acids is 3. The van der Waals surface area contributed by atoms with Crippen molar-refractivity contribution in [2.24, 2.45) is 17.3 Å². The molecule has 1 aromatic carbocycles. The lowest BCUT2D eigenvalue weighted by Gasteiger charge is -2.35. The summed E-state index contributed by atoms with van der Waals surface area (Å²) in [5, 5.41) is 2.93. The maximum absolute atomic E-state index is 14.4. The van der Waals surface area contributed by atoms with Gasteiger partial charge in [0.05, 0.1) is 30.7 Å². The van der Waals surface area contributed by atoms with Crippen molar-refractivity contribution in [1.29, 1.82) is 0 Å². The molecular formula is C35H50N4O6. The van der Waals surface area contributed by atoms with E-state index < -0.39 is 35.3 Å². The lowest BCUT2D eigenvalue weighted by Crippen LogP contribution is -2.57. The first-order valence-electron chi connectivity index (χ1n) is 16.7. The maximum Gasteiger partial charge on any atom is 0.408 e. The lowest BCUT2D eigenvalue weighted by atomic mass is 9.85. The van der Waals surface area contributed by atoms with E-state index in [1.807, 2.05) is 45.9 Å². The van der Waals surface area contributed by atoms with Crippen molar-refractivity contribution in [3.8, 4) is 11.6 Å². The van der Waals surface area contributed by atoms with Gasteiger partial charge in [-0.2, -0.15) is 0 Å². The Labute approximate surface area is 267 Å². The van der Waals surface area contributed by atoms with E-state index in [2.05, 4.69) is 12.2 Å². The second kappa shape index (κ2) is 13.1. The quantitative estimate of drug-likeness (QED) is 0.430. The summed E-state index contributed by atoms with van der Waals surface area (Å²) in [5.41, 5.74) is 1.10. The number of amides is 2. The van der Waals surface area contributed by atoms with Gasteiger partial charge in [-0.1, -0.05) is 53.9 Å². The number of ether oxygens (including phenoxy) is 3. The molecule has 45 heavy (non-hydrogen) atoms. The average Bonchev–Trinajstić information content (AvgIpc) is 3.50. The van der Waals surface area contributed by atoms with Crippen LogP contribution in [0.2, 0.25) is 0 Å². The SMILES string of the molecule is CCC[C@@]12C[C@H]1CCCCCc1nc3ccc(OC)cc3nc1O[C@H]1CN(C(=O)[C@H](C(C)(C)C)NC(=O)O2)[C@H](C(C)=O)[C@@H]1CC. The van der Waals surface area contributed by atoms with Gasteiger partial charge < -0.3 is 24.4 Å². The van der Waals surface area contributed by atoms with Crippen LogP contribution in [0.25, 0.3) is 11.0 Å². The molecule has 1 saturated carbocycles. The first kappa shape index (κ1) is 32.9. The first-order chi connectivity index (χ1) is 21.4. The molecule has 6 atom stereocenters. The molecule has 2 aliphatic heterocycles. The number of nitrogens with zero attached hydrogens (tertiary/aromatic N) is 3. The van der Waals surface area contributed by atoms with Gasteiger partial charge in [-0.25, -0.2) is 14.8 Å². The van der Waals surface area contributed by atoms with Crippen LogP contribution >= 0.6 is 0 Å². The molecule has 246 valence electrons. The van der Waals surface area contributed by atoms with Gasteiger partial charge in [-0.05, 0) is 63.0 Å². The van der Waals surface area contributed by atoms with Crippen LogP contribution in [-0.4, -0.2) is 70.1 Å². The summed E-state index contributed by atoms with van der Waals surface area (Å²) in [4.78, 5) is 52.5. The van der Waals surface area contributed by atoms with Gasteiger partial charge in [0.1, 0.15) is 29.2 Å². The van der Waals surface area contributed by atoms with Crippen LogP contribution in [0, 0.1) is 17.3 Å². The second-order valence-corrected chi connectivity index (χ2v) is 14.3. The van der Waals surface area contributed by atoms with Crippen molar-refractivity contribution < 1.29 is 28.6 Å².